The smallest absolute Gasteiger partial charge is 0.407 e. The number of benzene rings is 2. The zero-order valence-electron chi connectivity index (χ0n) is 21.1. The Balaban J connectivity index is 1.74. The number of aromatic nitrogens is 2. The number of fused-ring (bicyclic) bond motifs is 1. The lowest BCUT2D eigenvalue weighted by atomic mass is 10.1. The molecule has 0 saturated heterocycles. The van der Waals surface area contributed by atoms with Crippen LogP contribution in [-0.2, 0) is 45.9 Å². The summed E-state index contributed by atoms with van der Waals surface area (Å²) < 4.78 is 44.5. The molecule has 36 heavy (non-hydrogen) atoms. The highest BCUT2D eigenvalue weighted by atomic mass is 32.2. The number of carbonyl (C=O) groups excluding carboxylic acids is 1. The molecule has 0 aliphatic carbocycles. The quantitative estimate of drug-likeness (QED) is 0.187. The van der Waals surface area contributed by atoms with Crippen molar-refractivity contribution in [1.29, 1.82) is 0 Å². The Kier molecular flexibility index (Phi) is 9.66. The van der Waals surface area contributed by atoms with Gasteiger partial charge < -0.3 is 19.4 Å². The number of hydrogen-bond acceptors (Lipinski definition) is 6. The Morgan fingerprint density at radius 3 is 2.56 bits per heavy atom. The molecule has 196 valence electrons. The molecule has 3 aromatic rings. The number of nitrogens with one attached hydrogen (secondary N) is 1. The summed E-state index contributed by atoms with van der Waals surface area (Å²) in [5.74, 6) is 0.294. The van der Waals surface area contributed by atoms with Crippen LogP contribution in [0.15, 0.2) is 48.5 Å². The largest absolute Gasteiger partial charge is 0.445 e. The maximum atomic E-state index is 12.3. The van der Waals surface area contributed by atoms with Crippen LogP contribution in [-0.4, -0.2) is 49.0 Å². The van der Waals surface area contributed by atoms with Crippen LogP contribution in [0.25, 0.3) is 11.0 Å². The number of imidazole rings is 1. The first-order valence-corrected chi connectivity index (χ1v) is 17.3. The average molecular weight is 534 g/mol. The second-order valence-electron chi connectivity index (χ2n) is 9.89. The van der Waals surface area contributed by atoms with Gasteiger partial charge in [0.1, 0.15) is 19.2 Å². The van der Waals surface area contributed by atoms with Gasteiger partial charge in [-0.1, -0.05) is 62.1 Å². The molecule has 1 aromatic heterocycles. The van der Waals surface area contributed by atoms with Crippen LogP contribution in [0.5, 0.6) is 0 Å². The Hall–Kier alpha value is -2.73. The fraction of sp³-hybridized carbons (Fsp3) is 0.440. The van der Waals surface area contributed by atoms with Crippen molar-refractivity contribution in [2.45, 2.75) is 58.4 Å². The number of carbonyl (C=O) groups is 1. The molecule has 0 fully saturated rings. The van der Waals surface area contributed by atoms with E-state index >= 15 is 0 Å². The van der Waals surface area contributed by atoms with E-state index < -0.39 is 24.3 Å². The van der Waals surface area contributed by atoms with Crippen LogP contribution < -0.4 is 5.32 Å². The van der Waals surface area contributed by atoms with Gasteiger partial charge in [0, 0.05) is 14.7 Å². The number of alkyl carbamates (subject to hydrolysis) is 1. The lowest BCUT2D eigenvalue weighted by Gasteiger charge is -2.16. The SMILES string of the molecule is C[Si](C)(C)CCOCn1c(CNC(=O)OCc2ccccc2)nc2c(CCCS(=O)(=O)O)cccc21. The van der Waals surface area contributed by atoms with Crippen molar-refractivity contribution < 1.29 is 27.2 Å². The number of nitrogens with zero attached hydrogens (tertiary/aromatic N) is 2. The first-order valence-electron chi connectivity index (χ1n) is 12.0. The summed E-state index contributed by atoms with van der Waals surface area (Å²) in [6.07, 6.45) is 0.165. The minimum absolute atomic E-state index is 0.143. The molecule has 1 amide bonds. The van der Waals surface area contributed by atoms with Crippen molar-refractivity contribution in [2.24, 2.45) is 0 Å². The van der Waals surface area contributed by atoms with Crippen molar-refractivity contribution >= 4 is 35.3 Å². The van der Waals surface area contributed by atoms with Gasteiger partial charge in [-0.3, -0.25) is 4.55 Å². The standard InChI is InChI=1S/C25H35N3O6SSi/c1-36(2,3)16-14-33-19-28-22-13-7-11-21(12-8-15-35(30,31)32)24(22)27-23(28)17-26-25(29)34-18-20-9-5-4-6-10-20/h4-7,9-11,13H,8,12,14-19H2,1-3H3,(H,26,29)(H,30,31,32). The van der Waals surface area contributed by atoms with Gasteiger partial charge in [-0.25, -0.2) is 9.78 Å². The fourth-order valence-corrected chi connectivity index (χ4v) is 4.90. The average Bonchev–Trinajstić information content (AvgIpc) is 3.16. The molecule has 0 aliphatic heterocycles. The molecule has 9 nitrogen and oxygen atoms in total. The number of ether oxygens (including phenoxy) is 2. The zero-order valence-corrected chi connectivity index (χ0v) is 22.9. The van der Waals surface area contributed by atoms with Gasteiger partial charge in [-0.15, -0.1) is 0 Å². The van der Waals surface area contributed by atoms with Crippen LogP contribution in [0, 0.1) is 0 Å². The molecule has 2 N–H and O–H groups in total. The highest BCUT2D eigenvalue weighted by Crippen LogP contribution is 2.22. The molecule has 3 rings (SSSR count). The summed E-state index contributed by atoms with van der Waals surface area (Å²) in [7, 11) is -5.27. The van der Waals surface area contributed by atoms with Gasteiger partial charge in [-0.05, 0) is 36.1 Å². The van der Waals surface area contributed by atoms with E-state index in [9.17, 15) is 13.2 Å². The number of aryl methyl sites for hydroxylation is 1. The zero-order chi connectivity index (χ0) is 26.2. The molecular weight excluding hydrogens is 498 g/mol. The second kappa shape index (κ2) is 12.5. The third kappa shape index (κ3) is 9.05. The van der Waals surface area contributed by atoms with E-state index in [0.29, 0.717) is 18.9 Å². The predicted octanol–water partition coefficient (Wildman–Crippen LogP) is 4.60. The molecule has 2 aromatic carbocycles. The first kappa shape index (κ1) is 27.8. The van der Waals surface area contributed by atoms with E-state index in [1.807, 2.05) is 53.1 Å². The van der Waals surface area contributed by atoms with Crippen LogP contribution in [0.1, 0.15) is 23.4 Å². The normalized spacial score (nSPS) is 12.1. The summed E-state index contributed by atoms with van der Waals surface area (Å²) in [5.41, 5.74) is 3.31. The summed E-state index contributed by atoms with van der Waals surface area (Å²) in [6, 6.07) is 16.2. The van der Waals surface area contributed by atoms with Crippen molar-refractivity contribution in [1.82, 2.24) is 14.9 Å². The second-order valence-corrected chi connectivity index (χ2v) is 17.1. The minimum Gasteiger partial charge on any atom is -0.445 e. The van der Waals surface area contributed by atoms with E-state index in [2.05, 4.69) is 25.0 Å². The lowest BCUT2D eigenvalue weighted by molar-refractivity contribution is 0.0873. The fourth-order valence-electron chi connectivity index (χ4n) is 3.64. The third-order valence-electron chi connectivity index (χ3n) is 5.61. The summed E-state index contributed by atoms with van der Waals surface area (Å²) in [4.78, 5) is 17.1. The number of hydrogen-bond donors (Lipinski definition) is 2. The van der Waals surface area contributed by atoms with Crippen molar-refractivity contribution in [3.8, 4) is 0 Å². The Bertz CT molecular complexity index is 1260. The highest BCUT2D eigenvalue weighted by Gasteiger charge is 2.17. The van der Waals surface area contributed by atoms with Crippen LogP contribution in [0.4, 0.5) is 4.79 Å². The van der Waals surface area contributed by atoms with Crippen molar-refractivity contribution in [3.05, 3.63) is 65.5 Å². The van der Waals surface area contributed by atoms with E-state index in [1.165, 1.54) is 0 Å². The summed E-state index contributed by atoms with van der Waals surface area (Å²) >= 11 is 0. The van der Waals surface area contributed by atoms with Crippen molar-refractivity contribution in [2.75, 3.05) is 12.4 Å². The van der Waals surface area contributed by atoms with Gasteiger partial charge in [-0.2, -0.15) is 8.42 Å². The van der Waals surface area contributed by atoms with E-state index in [4.69, 9.17) is 19.0 Å². The van der Waals surface area contributed by atoms with E-state index in [0.717, 1.165) is 28.2 Å². The van der Waals surface area contributed by atoms with Crippen LogP contribution in [0.2, 0.25) is 25.7 Å². The monoisotopic (exact) mass is 533 g/mol. The molecule has 0 unspecified atom stereocenters. The highest BCUT2D eigenvalue weighted by molar-refractivity contribution is 7.85. The lowest BCUT2D eigenvalue weighted by Crippen LogP contribution is -2.26. The van der Waals surface area contributed by atoms with Gasteiger partial charge in [0.25, 0.3) is 10.1 Å². The Morgan fingerprint density at radius 1 is 1.11 bits per heavy atom. The minimum atomic E-state index is -4.03. The van der Waals surface area contributed by atoms with Gasteiger partial charge in [0.15, 0.2) is 0 Å². The molecule has 0 aliphatic rings. The van der Waals surface area contributed by atoms with E-state index in [1.54, 1.807) is 0 Å². The molecule has 0 atom stereocenters. The molecule has 1 heterocycles. The molecule has 0 saturated carbocycles. The van der Waals surface area contributed by atoms with Gasteiger partial charge in [0.05, 0.1) is 23.3 Å². The maximum absolute atomic E-state index is 12.3. The van der Waals surface area contributed by atoms with Crippen LogP contribution in [0.3, 0.4) is 0 Å². The Morgan fingerprint density at radius 2 is 1.86 bits per heavy atom. The predicted molar refractivity (Wildman–Crippen MR) is 142 cm³/mol. The van der Waals surface area contributed by atoms with Gasteiger partial charge in [0.2, 0.25) is 0 Å². The molecule has 0 spiro atoms. The topological polar surface area (TPSA) is 120 Å². The number of rotatable bonds is 13. The number of amides is 1. The summed E-state index contributed by atoms with van der Waals surface area (Å²) in [5, 5.41) is 2.76. The molecule has 11 heteroatoms. The van der Waals surface area contributed by atoms with E-state index in [-0.39, 0.29) is 32.1 Å². The third-order valence-corrected chi connectivity index (χ3v) is 8.12. The molecular formula is C25H35N3O6SSi. The van der Waals surface area contributed by atoms with Crippen molar-refractivity contribution in [3.63, 3.8) is 0 Å². The first-order chi connectivity index (χ1) is 17.0. The Labute approximate surface area is 213 Å². The van der Waals surface area contributed by atoms with Crippen LogP contribution >= 0.6 is 0 Å². The maximum Gasteiger partial charge on any atom is 0.407 e. The number of para-hydroxylation sites is 1. The molecule has 0 radical (unpaired) electrons. The molecule has 0 bridgehead atoms. The summed E-state index contributed by atoms with van der Waals surface area (Å²) in [6.45, 7) is 8.10. The van der Waals surface area contributed by atoms with Gasteiger partial charge >= 0.3 is 6.09 Å².